The van der Waals surface area contributed by atoms with E-state index in [4.69, 9.17) is 10.0 Å². The molecule has 15 heavy (non-hydrogen) atoms. The first-order valence-corrected chi connectivity index (χ1v) is 4.30. The van der Waals surface area contributed by atoms with E-state index in [1.54, 1.807) is 12.1 Å². The number of H-pyrrole nitrogens is 1. The van der Waals surface area contributed by atoms with Gasteiger partial charge in [-0.1, -0.05) is 12.1 Å². The maximum atomic E-state index is 11.1. The van der Waals surface area contributed by atoms with E-state index >= 15 is 0 Å². The van der Waals surface area contributed by atoms with Gasteiger partial charge in [0.1, 0.15) is 5.75 Å². The largest absolute Gasteiger partial charge is 0.507 e. The number of nitrogens with one attached hydrogen (secondary N) is 1. The van der Waals surface area contributed by atoms with E-state index in [9.17, 15) is 9.90 Å². The number of para-hydroxylation sites is 1. The van der Waals surface area contributed by atoms with Crippen LogP contribution < -0.4 is 11.0 Å². The Hall–Kier alpha value is -1.79. The van der Waals surface area contributed by atoms with Crippen LogP contribution in [0.1, 0.15) is 0 Å². The highest BCUT2D eigenvalue weighted by atomic mass is 16.4. The topological polar surface area (TPSA) is 93.6 Å². The maximum absolute atomic E-state index is 11.1. The SMILES string of the molecule is O=c1cc(O)c2cccc(B(O)O)c2[nH]1. The fourth-order valence-electron chi connectivity index (χ4n) is 1.50. The Morgan fingerprint density at radius 3 is 2.67 bits per heavy atom. The molecule has 0 amide bonds. The summed E-state index contributed by atoms with van der Waals surface area (Å²) in [5, 5.41) is 28.0. The van der Waals surface area contributed by atoms with Gasteiger partial charge in [-0.3, -0.25) is 4.79 Å². The fraction of sp³-hybridized carbons (Fsp3) is 0. The highest BCUT2D eigenvalue weighted by molar-refractivity contribution is 6.61. The molecule has 0 aliphatic carbocycles. The molecule has 0 unspecified atom stereocenters. The Morgan fingerprint density at radius 2 is 2.00 bits per heavy atom. The molecule has 1 aromatic carbocycles. The van der Waals surface area contributed by atoms with Gasteiger partial charge < -0.3 is 20.1 Å². The Labute approximate surface area is 84.8 Å². The van der Waals surface area contributed by atoms with Crippen molar-refractivity contribution in [3.8, 4) is 5.75 Å². The van der Waals surface area contributed by atoms with Gasteiger partial charge in [-0.05, 0) is 6.07 Å². The lowest BCUT2D eigenvalue weighted by molar-refractivity contribution is 0.426. The monoisotopic (exact) mass is 205 g/mol. The summed E-state index contributed by atoms with van der Waals surface area (Å²) in [5.41, 5.74) is -0.105. The normalized spacial score (nSPS) is 10.5. The van der Waals surface area contributed by atoms with Crippen molar-refractivity contribution in [3.63, 3.8) is 0 Å². The third kappa shape index (κ3) is 1.60. The molecule has 0 aliphatic heterocycles. The molecular weight excluding hydrogens is 197 g/mol. The molecule has 0 bridgehead atoms. The molecule has 0 saturated heterocycles. The lowest BCUT2D eigenvalue weighted by atomic mass is 9.79. The number of aromatic amines is 1. The van der Waals surface area contributed by atoms with Crippen LogP contribution in [-0.2, 0) is 0 Å². The number of aromatic nitrogens is 1. The summed E-state index contributed by atoms with van der Waals surface area (Å²) < 4.78 is 0. The lowest BCUT2D eigenvalue weighted by Crippen LogP contribution is -2.31. The number of benzene rings is 1. The zero-order chi connectivity index (χ0) is 11.0. The predicted octanol–water partition coefficient (Wildman–Crippen LogP) is -1.09. The summed E-state index contributed by atoms with van der Waals surface area (Å²) in [6.07, 6.45) is 0. The first kappa shape index (κ1) is 9.76. The molecule has 76 valence electrons. The quantitative estimate of drug-likeness (QED) is 0.445. The molecule has 0 fully saturated rings. The molecule has 0 radical (unpaired) electrons. The second-order valence-corrected chi connectivity index (χ2v) is 3.16. The average molecular weight is 205 g/mol. The van der Waals surface area contributed by atoms with Gasteiger partial charge in [-0.15, -0.1) is 0 Å². The Kier molecular flexibility index (Phi) is 2.22. The van der Waals surface area contributed by atoms with Crippen molar-refractivity contribution >= 4 is 23.5 Å². The molecule has 1 heterocycles. The predicted molar refractivity (Wildman–Crippen MR) is 56.1 cm³/mol. The fourth-order valence-corrected chi connectivity index (χ4v) is 1.50. The van der Waals surface area contributed by atoms with Gasteiger partial charge in [-0.25, -0.2) is 0 Å². The second-order valence-electron chi connectivity index (χ2n) is 3.16. The van der Waals surface area contributed by atoms with Gasteiger partial charge in [-0.2, -0.15) is 0 Å². The van der Waals surface area contributed by atoms with E-state index in [1.165, 1.54) is 6.07 Å². The van der Waals surface area contributed by atoms with E-state index < -0.39 is 12.7 Å². The molecular formula is C9H8BNO4. The minimum atomic E-state index is -1.69. The number of fused-ring (bicyclic) bond motifs is 1. The second kappa shape index (κ2) is 3.41. The minimum absolute atomic E-state index is 0.153. The summed E-state index contributed by atoms with van der Waals surface area (Å²) in [6.45, 7) is 0. The van der Waals surface area contributed by atoms with Crippen molar-refractivity contribution < 1.29 is 15.2 Å². The van der Waals surface area contributed by atoms with Crippen molar-refractivity contribution in [1.82, 2.24) is 4.98 Å². The van der Waals surface area contributed by atoms with Crippen molar-refractivity contribution in [2.75, 3.05) is 0 Å². The summed E-state index contributed by atoms with van der Waals surface area (Å²) >= 11 is 0. The zero-order valence-corrected chi connectivity index (χ0v) is 7.64. The van der Waals surface area contributed by atoms with Crippen LogP contribution >= 0.6 is 0 Å². The van der Waals surface area contributed by atoms with Gasteiger partial charge in [0.25, 0.3) is 5.56 Å². The molecule has 4 N–H and O–H groups in total. The van der Waals surface area contributed by atoms with Crippen LogP contribution in [0.5, 0.6) is 5.75 Å². The maximum Gasteiger partial charge on any atom is 0.490 e. The van der Waals surface area contributed by atoms with Gasteiger partial charge in [0.15, 0.2) is 0 Å². The molecule has 0 spiro atoms. The van der Waals surface area contributed by atoms with Crippen molar-refractivity contribution in [1.29, 1.82) is 0 Å². The Bertz CT molecular complexity index is 564. The van der Waals surface area contributed by atoms with Crippen LogP contribution in [0.3, 0.4) is 0 Å². The van der Waals surface area contributed by atoms with Crippen LogP contribution in [0, 0.1) is 0 Å². The lowest BCUT2D eigenvalue weighted by Gasteiger charge is -2.05. The first-order chi connectivity index (χ1) is 7.09. The summed E-state index contributed by atoms with van der Waals surface area (Å²) in [5.74, 6) is -0.184. The summed E-state index contributed by atoms with van der Waals surface area (Å²) in [7, 11) is -1.69. The van der Waals surface area contributed by atoms with Crippen molar-refractivity contribution in [3.05, 3.63) is 34.6 Å². The zero-order valence-electron chi connectivity index (χ0n) is 7.64. The molecule has 2 rings (SSSR count). The number of pyridine rings is 1. The molecule has 5 nitrogen and oxygen atoms in total. The highest BCUT2D eigenvalue weighted by Crippen LogP contribution is 2.18. The van der Waals surface area contributed by atoms with E-state index in [1.807, 2.05) is 0 Å². The number of aromatic hydroxyl groups is 1. The van der Waals surface area contributed by atoms with Crippen LogP contribution in [0.4, 0.5) is 0 Å². The highest BCUT2D eigenvalue weighted by Gasteiger charge is 2.16. The van der Waals surface area contributed by atoms with E-state index in [0.29, 0.717) is 5.39 Å². The van der Waals surface area contributed by atoms with Crippen LogP contribution in [-0.4, -0.2) is 27.3 Å². The standard InChI is InChI=1S/C9H8BNO4/c12-7-4-8(13)11-9-5(7)2-1-3-6(9)10(14)15/h1-4,14-15H,(H2,11,12,13). The first-order valence-electron chi connectivity index (χ1n) is 4.30. The van der Waals surface area contributed by atoms with E-state index in [2.05, 4.69) is 4.98 Å². The minimum Gasteiger partial charge on any atom is -0.507 e. The van der Waals surface area contributed by atoms with Crippen molar-refractivity contribution in [2.45, 2.75) is 0 Å². The molecule has 6 heteroatoms. The van der Waals surface area contributed by atoms with Gasteiger partial charge in [0, 0.05) is 16.9 Å². The molecule has 0 aliphatic rings. The number of hydrogen-bond donors (Lipinski definition) is 4. The molecule has 1 aromatic heterocycles. The van der Waals surface area contributed by atoms with Crippen LogP contribution in [0.25, 0.3) is 10.9 Å². The molecule has 2 aromatic rings. The Morgan fingerprint density at radius 1 is 1.27 bits per heavy atom. The van der Waals surface area contributed by atoms with Gasteiger partial charge >= 0.3 is 7.12 Å². The summed E-state index contributed by atoms with van der Waals surface area (Å²) in [6, 6.07) is 5.64. The third-order valence-electron chi connectivity index (χ3n) is 2.17. The van der Waals surface area contributed by atoms with E-state index in [0.717, 1.165) is 6.07 Å². The van der Waals surface area contributed by atoms with Crippen LogP contribution in [0.2, 0.25) is 0 Å². The van der Waals surface area contributed by atoms with E-state index in [-0.39, 0.29) is 16.7 Å². The summed E-state index contributed by atoms with van der Waals surface area (Å²) in [4.78, 5) is 13.5. The van der Waals surface area contributed by atoms with Crippen molar-refractivity contribution in [2.24, 2.45) is 0 Å². The van der Waals surface area contributed by atoms with Crippen LogP contribution in [0.15, 0.2) is 29.1 Å². The smallest absolute Gasteiger partial charge is 0.490 e. The number of hydrogen-bond acceptors (Lipinski definition) is 4. The molecule has 0 saturated carbocycles. The number of rotatable bonds is 1. The molecule has 0 atom stereocenters. The average Bonchev–Trinajstić information content (AvgIpc) is 2.16. The van der Waals surface area contributed by atoms with Gasteiger partial charge in [0.05, 0.1) is 5.52 Å². The Balaban J connectivity index is 2.91. The third-order valence-corrected chi connectivity index (χ3v) is 2.17. The van der Waals surface area contributed by atoms with Gasteiger partial charge in [0.2, 0.25) is 0 Å².